The van der Waals surface area contributed by atoms with Gasteiger partial charge in [0.25, 0.3) is 0 Å². The third kappa shape index (κ3) is 4.41. The summed E-state index contributed by atoms with van der Waals surface area (Å²) < 4.78 is 47.5. The molecule has 38 heavy (non-hydrogen) atoms. The van der Waals surface area contributed by atoms with E-state index in [1.54, 1.807) is 64.6 Å². The van der Waals surface area contributed by atoms with Gasteiger partial charge in [0, 0.05) is 6.20 Å². The minimum atomic E-state index is -3.98. The highest BCUT2D eigenvalue weighted by atomic mass is 32.2. The number of imidazole rings is 1. The fourth-order valence-corrected chi connectivity index (χ4v) is 5.66. The summed E-state index contributed by atoms with van der Waals surface area (Å²) in [6.45, 7) is 3.25. The Morgan fingerprint density at radius 1 is 1.03 bits per heavy atom. The molecule has 5 rings (SSSR count). The van der Waals surface area contributed by atoms with Crippen molar-refractivity contribution in [3.63, 3.8) is 0 Å². The predicted octanol–water partition coefficient (Wildman–Crippen LogP) is 3.54. The molecule has 0 bridgehead atoms. The largest absolute Gasteiger partial charge is 0.494 e. The van der Waals surface area contributed by atoms with Crippen molar-refractivity contribution in [1.82, 2.24) is 24.1 Å². The number of pyridine rings is 1. The maximum Gasteiger partial charge on any atom is 0.204 e. The Bertz CT molecular complexity index is 1680. The molecule has 0 spiro atoms. The number of nitrogens with zero attached hydrogens (tertiary/aromatic N) is 5. The first-order chi connectivity index (χ1) is 18.2. The van der Waals surface area contributed by atoms with Crippen molar-refractivity contribution in [3.05, 3.63) is 78.3 Å². The fraction of sp³-hybridized carbons (Fsp3) is 0.269. The number of benzene rings is 1. The molecule has 0 saturated heterocycles. The minimum Gasteiger partial charge on any atom is -0.494 e. The van der Waals surface area contributed by atoms with E-state index in [1.807, 2.05) is 6.07 Å². The van der Waals surface area contributed by atoms with Crippen LogP contribution in [0.4, 0.5) is 0 Å². The SMILES string of the molecule is COc1cccc(OC)c1-n1c(CS(=O)(=O)[C@H](C)[C@@H](O)c2ncn3ccccc23)nnc1-c1ccc(C)o1. The maximum absolute atomic E-state index is 13.7. The number of aromatic nitrogens is 5. The van der Waals surface area contributed by atoms with E-state index >= 15 is 0 Å². The summed E-state index contributed by atoms with van der Waals surface area (Å²) in [6.07, 6.45) is 1.95. The van der Waals surface area contributed by atoms with Gasteiger partial charge in [-0.05, 0) is 50.2 Å². The standard InChI is InChI=1S/C26H27N5O6S/c1-16-11-12-21(37-16)26-29-28-22(31(26)24-19(35-3)9-7-10-20(24)36-4)14-38(33,34)17(2)25(32)23-18-8-5-6-13-30(18)15-27-23/h5-13,15,17,25,32H,14H2,1-4H3/t17-,25-/m1/s1. The zero-order valence-corrected chi connectivity index (χ0v) is 22.1. The lowest BCUT2D eigenvalue weighted by molar-refractivity contribution is 0.173. The van der Waals surface area contributed by atoms with Crippen LogP contribution >= 0.6 is 0 Å². The number of furan rings is 1. The van der Waals surface area contributed by atoms with Gasteiger partial charge in [0.2, 0.25) is 5.82 Å². The lowest BCUT2D eigenvalue weighted by Gasteiger charge is -2.20. The van der Waals surface area contributed by atoms with Gasteiger partial charge >= 0.3 is 0 Å². The average Bonchev–Trinajstić information content (AvgIpc) is 3.65. The van der Waals surface area contributed by atoms with E-state index in [4.69, 9.17) is 13.9 Å². The first-order valence-corrected chi connectivity index (χ1v) is 13.5. The van der Waals surface area contributed by atoms with Gasteiger partial charge in [0.15, 0.2) is 21.4 Å². The minimum absolute atomic E-state index is 0.102. The second kappa shape index (κ2) is 9.95. The first-order valence-electron chi connectivity index (χ1n) is 11.8. The van der Waals surface area contributed by atoms with Gasteiger partial charge < -0.3 is 23.4 Å². The number of para-hydroxylation sites is 1. The number of fused-ring (bicyclic) bond motifs is 1. The quantitative estimate of drug-likeness (QED) is 0.300. The molecule has 0 fully saturated rings. The van der Waals surface area contributed by atoms with E-state index in [-0.39, 0.29) is 17.3 Å². The number of aliphatic hydroxyl groups is 1. The second-order valence-corrected chi connectivity index (χ2v) is 11.1. The molecule has 1 aromatic carbocycles. The van der Waals surface area contributed by atoms with Gasteiger partial charge in [0.05, 0.1) is 37.0 Å². The highest BCUT2D eigenvalue weighted by molar-refractivity contribution is 7.91. The van der Waals surface area contributed by atoms with Crippen LogP contribution in [0, 0.1) is 6.92 Å². The zero-order chi connectivity index (χ0) is 27.0. The monoisotopic (exact) mass is 537 g/mol. The van der Waals surface area contributed by atoms with Gasteiger partial charge in [-0.25, -0.2) is 13.4 Å². The molecule has 0 saturated carbocycles. The zero-order valence-electron chi connectivity index (χ0n) is 21.3. The van der Waals surface area contributed by atoms with Gasteiger partial charge in [-0.2, -0.15) is 0 Å². The molecule has 11 nitrogen and oxygen atoms in total. The van der Waals surface area contributed by atoms with Crippen LogP contribution < -0.4 is 9.47 Å². The molecule has 0 radical (unpaired) electrons. The topological polar surface area (TPSA) is 134 Å². The van der Waals surface area contributed by atoms with Crippen molar-refractivity contribution in [1.29, 1.82) is 0 Å². The molecular formula is C26H27N5O6S. The molecule has 0 aliphatic rings. The highest BCUT2D eigenvalue weighted by Gasteiger charge is 2.34. The molecule has 1 N–H and O–H groups in total. The van der Waals surface area contributed by atoms with Gasteiger partial charge in [0.1, 0.15) is 34.8 Å². The number of ether oxygens (including phenoxy) is 2. The van der Waals surface area contributed by atoms with Crippen molar-refractivity contribution >= 4 is 15.4 Å². The molecule has 198 valence electrons. The summed E-state index contributed by atoms with van der Waals surface area (Å²) in [5, 5.41) is 18.4. The number of sulfone groups is 1. The Morgan fingerprint density at radius 2 is 1.76 bits per heavy atom. The summed E-state index contributed by atoms with van der Waals surface area (Å²) in [6, 6.07) is 14.1. The lowest BCUT2D eigenvalue weighted by Crippen LogP contribution is -2.28. The van der Waals surface area contributed by atoms with E-state index < -0.39 is 26.9 Å². The van der Waals surface area contributed by atoms with E-state index in [1.165, 1.54) is 27.5 Å². The van der Waals surface area contributed by atoms with E-state index in [0.717, 1.165) is 0 Å². The van der Waals surface area contributed by atoms with Gasteiger partial charge in [-0.3, -0.25) is 4.57 Å². The van der Waals surface area contributed by atoms with Crippen LogP contribution in [-0.2, 0) is 15.6 Å². The molecule has 0 unspecified atom stereocenters. The Morgan fingerprint density at radius 3 is 2.42 bits per heavy atom. The second-order valence-electron chi connectivity index (χ2n) is 8.78. The van der Waals surface area contributed by atoms with E-state index in [2.05, 4.69) is 15.2 Å². The average molecular weight is 538 g/mol. The third-order valence-electron chi connectivity index (χ3n) is 6.41. The van der Waals surface area contributed by atoms with Crippen LogP contribution in [0.5, 0.6) is 11.5 Å². The van der Waals surface area contributed by atoms with Crippen LogP contribution in [0.3, 0.4) is 0 Å². The number of aryl methyl sites for hydroxylation is 1. The summed E-state index contributed by atoms with van der Waals surface area (Å²) in [7, 11) is -0.969. The van der Waals surface area contributed by atoms with Gasteiger partial charge in [-0.1, -0.05) is 12.1 Å². The van der Waals surface area contributed by atoms with Crippen molar-refractivity contribution in [2.45, 2.75) is 31.0 Å². The third-order valence-corrected chi connectivity index (χ3v) is 8.46. The summed E-state index contributed by atoms with van der Waals surface area (Å²) in [4.78, 5) is 4.26. The molecule has 2 atom stereocenters. The van der Waals surface area contributed by atoms with Crippen molar-refractivity contribution in [2.75, 3.05) is 14.2 Å². The van der Waals surface area contributed by atoms with E-state index in [9.17, 15) is 13.5 Å². The normalized spacial score (nSPS) is 13.5. The number of hydrogen-bond donors (Lipinski definition) is 1. The predicted molar refractivity (Wildman–Crippen MR) is 139 cm³/mol. The van der Waals surface area contributed by atoms with Crippen molar-refractivity contribution < 1.29 is 27.4 Å². The van der Waals surface area contributed by atoms with Crippen molar-refractivity contribution in [3.8, 4) is 28.8 Å². The van der Waals surface area contributed by atoms with Crippen LogP contribution in [0.2, 0.25) is 0 Å². The molecular weight excluding hydrogens is 510 g/mol. The molecule has 12 heteroatoms. The molecule has 5 aromatic rings. The van der Waals surface area contributed by atoms with Crippen LogP contribution in [-0.4, -0.2) is 57.1 Å². The summed E-state index contributed by atoms with van der Waals surface area (Å²) in [5.41, 5.74) is 1.32. The Hall–Kier alpha value is -4.16. The number of aliphatic hydroxyl groups excluding tert-OH is 1. The van der Waals surface area contributed by atoms with E-state index in [0.29, 0.717) is 34.2 Å². The number of rotatable bonds is 9. The Balaban J connectivity index is 1.59. The number of methoxy groups -OCH3 is 2. The Kier molecular flexibility index (Phi) is 6.67. The number of hydrogen-bond acceptors (Lipinski definition) is 9. The fourth-order valence-electron chi connectivity index (χ4n) is 4.33. The highest BCUT2D eigenvalue weighted by Crippen LogP contribution is 2.37. The maximum atomic E-state index is 13.7. The molecule has 4 heterocycles. The molecule has 4 aromatic heterocycles. The molecule has 0 amide bonds. The van der Waals surface area contributed by atoms with Gasteiger partial charge in [-0.15, -0.1) is 10.2 Å². The van der Waals surface area contributed by atoms with Crippen molar-refractivity contribution in [2.24, 2.45) is 0 Å². The lowest BCUT2D eigenvalue weighted by atomic mass is 10.2. The summed E-state index contributed by atoms with van der Waals surface area (Å²) in [5.74, 6) is 1.74. The molecule has 0 aliphatic carbocycles. The van der Waals surface area contributed by atoms with Crippen LogP contribution in [0.1, 0.15) is 30.3 Å². The van der Waals surface area contributed by atoms with Crippen LogP contribution in [0.25, 0.3) is 22.8 Å². The molecule has 0 aliphatic heterocycles. The first kappa shape index (κ1) is 25.5. The van der Waals surface area contributed by atoms with Crippen LogP contribution in [0.15, 0.2) is 65.5 Å². The Labute approximate surface area is 219 Å². The smallest absolute Gasteiger partial charge is 0.204 e. The summed E-state index contributed by atoms with van der Waals surface area (Å²) >= 11 is 0.